The molecular formula is C23H31N3O3. The number of carbonyl (C=O) groups excluding carboxylic acids is 1. The van der Waals surface area contributed by atoms with Crippen LogP contribution in [0, 0.1) is 0 Å². The maximum absolute atomic E-state index is 12.1. The van der Waals surface area contributed by atoms with Gasteiger partial charge in [-0.1, -0.05) is 19.1 Å². The molecule has 0 radical (unpaired) electrons. The third-order valence-corrected chi connectivity index (χ3v) is 5.44. The minimum absolute atomic E-state index is 0.0512. The predicted octanol–water partition coefficient (Wildman–Crippen LogP) is 2.78. The van der Waals surface area contributed by atoms with Crippen LogP contribution in [0.3, 0.4) is 0 Å². The van der Waals surface area contributed by atoms with Crippen molar-refractivity contribution in [3.8, 4) is 5.75 Å². The molecule has 1 heterocycles. The molecule has 0 unspecified atom stereocenters. The molecule has 2 aromatic carbocycles. The van der Waals surface area contributed by atoms with E-state index >= 15 is 0 Å². The number of phenolic OH excluding ortho intramolecular Hbond substituents is 1. The van der Waals surface area contributed by atoms with E-state index in [0.29, 0.717) is 25.2 Å². The smallest absolute Gasteiger partial charge is 0.251 e. The summed E-state index contributed by atoms with van der Waals surface area (Å²) in [5, 5.41) is 22.8. The van der Waals surface area contributed by atoms with Crippen molar-refractivity contribution < 1.29 is 15.0 Å². The zero-order valence-electron chi connectivity index (χ0n) is 17.2. The summed E-state index contributed by atoms with van der Waals surface area (Å²) in [6.07, 6.45) is 1.37. The van der Waals surface area contributed by atoms with Crippen LogP contribution in [0.5, 0.6) is 5.75 Å². The fourth-order valence-electron chi connectivity index (χ4n) is 3.79. The SMILES string of the molecule is CCCNC(=O)c1ccc(N(C)C[C@@H](c2cccc(O)c2)N2CC[C@H](O)C2)cc1. The average Bonchev–Trinajstić information content (AvgIpc) is 3.16. The van der Waals surface area contributed by atoms with Crippen molar-refractivity contribution in [2.24, 2.45) is 0 Å². The molecule has 2 atom stereocenters. The third kappa shape index (κ3) is 5.49. The number of aromatic hydroxyl groups is 1. The Balaban J connectivity index is 1.74. The lowest BCUT2D eigenvalue weighted by molar-refractivity contribution is 0.0953. The van der Waals surface area contributed by atoms with E-state index in [1.54, 1.807) is 12.1 Å². The summed E-state index contributed by atoms with van der Waals surface area (Å²) in [7, 11) is 2.02. The fraction of sp³-hybridized carbons (Fsp3) is 0.435. The maximum Gasteiger partial charge on any atom is 0.251 e. The molecule has 1 fully saturated rings. The van der Waals surface area contributed by atoms with Crippen LogP contribution in [0.25, 0.3) is 0 Å². The molecular weight excluding hydrogens is 366 g/mol. The summed E-state index contributed by atoms with van der Waals surface area (Å²) in [5.41, 5.74) is 2.70. The van der Waals surface area contributed by atoms with Crippen LogP contribution < -0.4 is 10.2 Å². The third-order valence-electron chi connectivity index (χ3n) is 5.44. The van der Waals surface area contributed by atoms with Crippen LogP contribution in [-0.2, 0) is 0 Å². The summed E-state index contributed by atoms with van der Waals surface area (Å²) in [6.45, 7) is 4.86. The molecule has 0 spiro atoms. The number of anilines is 1. The number of hydrogen-bond acceptors (Lipinski definition) is 5. The minimum Gasteiger partial charge on any atom is -0.508 e. The number of likely N-dealkylation sites (tertiary alicyclic amines) is 1. The number of aliphatic hydroxyl groups excluding tert-OH is 1. The van der Waals surface area contributed by atoms with Gasteiger partial charge in [0.2, 0.25) is 0 Å². The number of amides is 1. The van der Waals surface area contributed by atoms with Gasteiger partial charge >= 0.3 is 0 Å². The summed E-state index contributed by atoms with van der Waals surface area (Å²) in [6, 6.07) is 15.0. The van der Waals surface area contributed by atoms with Crippen molar-refractivity contribution in [1.82, 2.24) is 10.2 Å². The zero-order chi connectivity index (χ0) is 20.8. The molecule has 1 saturated heterocycles. The Kier molecular flexibility index (Phi) is 7.12. The highest BCUT2D eigenvalue weighted by Gasteiger charge is 2.29. The Morgan fingerprint density at radius 3 is 2.66 bits per heavy atom. The number of hydrogen-bond donors (Lipinski definition) is 3. The van der Waals surface area contributed by atoms with Gasteiger partial charge in [-0.25, -0.2) is 0 Å². The molecule has 1 aliphatic rings. The first-order valence-corrected chi connectivity index (χ1v) is 10.3. The first-order valence-electron chi connectivity index (χ1n) is 10.3. The lowest BCUT2D eigenvalue weighted by Gasteiger charge is -2.33. The van der Waals surface area contributed by atoms with Crippen molar-refractivity contribution in [1.29, 1.82) is 0 Å². The second kappa shape index (κ2) is 9.76. The highest BCUT2D eigenvalue weighted by atomic mass is 16.3. The van der Waals surface area contributed by atoms with Gasteiger partial charge in [-0.05, 0) is 54.8 Å². The Hall–Kier alpha value is -2.57. The number of rotatable bonds is 8. The van der Waals surface area contributed by atoms with E-state index in [0.717, 1.165) is 30.6 Å². The van der Waals surface area contributed by atoms with Gasteiger partial charge in [0.1, 0.15) is 5.75 Å². The van der Waals surface area contributed by atoms with E-state index in [9.17, 15) is 15.0 Å². The molecule has 1 aliphatic heterocycles. The molecule has 1 amide bonds. The molecule has 6 heteroatoms. The topological polar surface area (TPSA) is 76.0 Å². The van der Waals surface area contributed by atoms with Crippen molar-refractivity contribution in [2.75, 3.05) is 38.1 Å². The Bertz CT molecular complexity index is 809. The van der Waals surface area contributed by atoms with Crippen molar-refractivity contribution in [3.05, 3.63) is 59.7 Å². The molecule has 0 aromatic heterocycles. The lowest BCUT2D eigenvalue weighted by Crippen LogP contribution is -2.36. The normalized spacial score (nSPS) is 17.8. The zero-order valence-corrected chi connectivity index (χ0v) is 17.2. The molecule has 0 bridgehead atoms. The number of β-amino-alcohol motifs (C(OH)–C–C–N with tert-alkyl or cyclic N) is 1. The molecule has 3 rings (SSSR count). The second-order valence-corrected chi connectivity index (χ2v) is 7.73. The largest absolute Gasteiger partial charge is 0.508 e. The summed E-state index contributed by atoms with van der Waals surface area (Å²) in [4.78, 5) is 16.5. The summed E-state index contributed by atoms with van der Waals surface area (Å²) >= 11 is 0. The van der Waals surface area contributed by atoms with Crippen LogP contribution >= 0.6 is 0 Å². The van der Waals surface area contributed by atoms with Gasteiger partial charge in [0, 0.05) is 44.5 Å². The molecule has 29 heavy (non-hydrogen) atoms. The van der Waals surface area contributed by atoms with Gasteiger partial charge in [-0.3, -0.25) is 9.69 Å². The maximum atomic E-state index is 12.1. The molecule has 6 nitrogen and oxygen atoms in total. The standard InChI is InChI=1S/C23H31N3O3/c1-3-12-24-23(29)17-7-9-19(10-8-17)25(2)16-22(26-13-11-21(28)15-26)18-5-4-6-20(27)14-18/h4-10,14,21-22,27-28H,3,11-13,15-16H2,1-2H3,(H,24,29)/t21-,22-/m0/s1. The van der Waals surface area contributed by atoms with E-state index in [1.165, 1.54) is 0 Å². The van der Waals surface area contributed by atoms with Crippen LogP contribution in [0.1, 0.15) is 41.7 Å². The van der Waals surface area contributed by atoms with E-state index < -0.39 is 0 Å². The van der Waals surface area contributed by atoms with Crippen LogP contribution in [0.2, 0.25) is 0 Å². The van der Waals surface area contributed by atoms with Crippen LogP contribution in [-0.4, -0.2) is 60.4 Å². The van der Waals surface area contributed by atoms with E-state index in [-0.39, 0.29) is 23.8 Å². The number of aliphatic hydroxyl groups is 1. The van der Waals surface area contributed by atoms with Crippen LogP contribution in [0.4, 0.5) is 5.69 Å². The van der Waals surface area contributed by atoms with Gasteiger partial charge < -0.3 is 20.4 Å². The first kappa shape index (κ1) is 21.1. The number of benzene rings is 2. The Labute approximate surface area is 172 Å². The second-order valence-electron chi connectivity index (χ2n) is 7.73. The van der Waals surface area contributed by atoms with E-state index in [4.69, 9.17) is 0 Å². The molecule has 0 saturated carbocycles. The van der Waals surface area contributed by atoms with Crippen LogP contribution in [0.15, 0.2) is 48.5 Å². The molecule has 0 aliphatic carbocycles. The first-order chi connectivity index (χ1) is 14.0. The van der Waals surface area contributed by atoms with E-state index in [1.807, 2.05) is 50.4 Å². The number of nitrogens with one attached hydrogen (secondary N) is 1. The van der Waals surface area contributed by atoms with Gasteiger partial charge in [-0.2, -0.15) is 0 Å². The number of likely N-dealkylation sites (N-methyl/N-ethyl adjacent to an activating group) is 1. The van der Waals surface area contributed by atoms with Gasteiger partial charge in [0.25, 0.3) is 5.91 Å². The minimum atomic E-state index is -0.305. The quantitative estimate of drug-likeness (QED) is 0.639. The number of carbonyl (C=O) groups is 1. The summed E-state index contributed by atoms with van der Waals surface area (Å²) in [5.74, 6) is 0.196. The highest BCUT2D eigenvalue weighted by molar-refractivity contribution is 5.94. The summed E-state index contributed by atoms with van der Waals surface area (Å²) < 4.78 is 0. The number of phenols is 1. The van der Waals surface area contributed by atoms with E-state index in [2.05, 4.69) is 15.1 Å². The van der Waals surface area contributed by atoms with Gasteiger partial charge in [0.15, 0.2) is 0 Å². The monoisotopic (exact) mass is 397 g/mol. The Morgan fingerprint density at radius 2 is 2.03 bits per heavy atom. The average molecular weight is 398 g/mol. The Morgan fingerprint density at radius 1 is 1.28 bits per heavy atom. The fourth-order valence-corrected chi connectivity index (χ4v) is 3.79. The van der Waals surface area contributed by atoms with Gasteiger partial charge in [0.05, 0.1) is 12.1 Å². The predicted molar refractivity (Wildman–Crippen MR) is 115 cm³/mol. The molecule has 3 N–H and O–H groups in total. The highest BCUT2D eigenvalue weighted by Crippen LogP contribution is 2.29. The van der Waals surface area contributed by atoms with Crippen molar-refractivity contribution in [3.63, 3.8) is 0 Å². The molecule has 2 aromatic rings. The van der Waals surface area contributed by atoms with Gasteiger partial charge in [-0.15, -0.1) is 0 Å². The number of nitrogens with zero attached hydrogens (tertiary/aromatic N) is 2. The molecule has 156 valence electrons. The van der Waals surface area contributed by atoms with Crippen molar-refractivity contribution in [2.45, 2.75) is 31.9 Å². The lowest BCUT2D eigenvalue weighted by atomic mass is 10.0. The van der Waals surface area contributed by atoms with Crippen molar-refractivity contribution >= 4 is 11.6 Å².